The van der Waals surface area contributed by atoms with E-state index in [1.54, 1.807) is 12.1 Å². The molecule has 23 heavy (non-hydrogen) atoms. The number of hydrogen-bond donors (Lipinski definition) is 0. The molecular formula is C17H26FN3OS. The Kier molecular flexibility index (Phi) is 7.33. The lowest BCUT2D eigenvalue weighted by Gasteiger charge is -2.35. The second-order valence-electron chi connectivity index (χ2n) is 6.01. The van der Waals surface area contributed by atoms with Gasteiger partial charge in [0.1, 0.15) is 5.82 Å². The summed E-state index contributed by atoms with van der Waals surface area (Å²) in [5.41, 5.74) is 1.02. The van der Waals surface area contributed by atoms with Crippen LogP contribution in [0.25, 0.3) is 0 Å². The first-order valence-electron chi connectivity index (χ1n) is 8.00. The normalized spacial score (nSPS) is 16.1. The van der Waals surface area contributed by atoms with Crippen molar-refractivity contribution >= 4 is 17.7 Å². The number of benzene rings is 1. The smallest absolute Gasteiger partial charge is 0.236 e. The van der Waals surface area contributed by atoms with E-state index in [0.717, 1.165) is 44.0 Å². The van der Waals surface area contributed by atoms with Crippen LogP contribution < -0.4 is 0 Å². The van der Waals surface area contributed by atoms with Gasteiger partial charge in [0.25, 0.3) is 0 Å². The van der Waals surface area contributed by atoms with Crippen molar-refractivity contribution in [2.45, 2.75) is 6.54 Å². The standard InChI is InChI=1S/C17H26FN3OS/c1-19(13-15-3-5-16(18)6-4-15)14-17(22)21-9-7-20(8-10-21)11-12-23-2/h3-6H,7-14H2,1-2H3. The van der Waals surface area contributed by atoms with Crippen molar-refractivity contribution in [3.05, 3.63) is 35.6 Å². The van der Waals surface area contributed by atoms with E-state index in [4.69, 9.17) is 0 Å². The molecule has 2 rings (SSSR count). The van der Waals surface area contributed by atoms with Gasteiger partial charge in [-0.05, 0) is 31.0 Å². The Labute approximate surface area is 142 Å². The summed E-state index contributed by atoms with van der Waals surface area (Å²) in [4.78, 5) is 18.7. The van der Waals surface area contributed by atoms with Crippen LogP contribution in [0.2, 0.25) is 0 Å². The molecule has 6 heteroatoms. The van der Waals surface area contributed by atoms with Crippen LogP contribution >= 0.6 is 11.8 Å². The van der Waals surface area contributed by atoms with Crippen molar-refractivity contribution in [1.82, 2.24) is 14.7 Å². The van der Waals surface area contributed by atoms with E-state index in [9.17, 15) is 9.18 Å². The quantitative estimate of drug-likeness (QED) is 0.756. The molecule has 128 valence electrons. The average Bonchev–Trinajstić information content (AvgIpc) is 2.55. The van der Waals surface area contributed by atoms with Crippen molar-refractivity contribution in [3.63, 3.8) is 0 Å². The van der Waals surface area contributed by atoms with Crippen LogP contribution in [-0.2, 0) is 11.3 Å². The predicted octanol–water partition coefficient (Wildman–Crippen LogP) is 1.76. The first-order valence-corrected chi connectivity index (χ1v) is 9.40. The third-order valence-electron chi connectivity index (χ3n) is 4.11. The molecule has 1 aromatic rings. The summed E-state index contributed by atoms with van der Waals surface area (Å²) in [5.74, 6) is 1.10. The van der Waals surface area contributed by atoms with Gasteiger partial charge in [0.15, 0.2) is 0 Å². The molecule has 0 aliphatic carbocycles. The minimum atomic E-state index is -0.230. The number of halogens is 1. The molecule has 0 aromatic heterocycles. The lowest BCUT2D eigenvalue weighted by Crippen LogP contribution is -2.51. The van der Waals surface area contributed by atoms with Crippen molar-refractivity contribution < 1.29 is 9.18 Å². The maximum Gasteiger partial charge on any atom is 0.236 e. The van der Waals surface area contributed by atoms with Gasteiger partial charge in [-0.1, -0.05) is 12.1 Å². The maximum atomic E-state index is 12.9. The Morgan fingerprint density at radius 3 is 2.48 bits per heavy atom. The number of nitrogens with zero attached hydrogens (tertiary/aromatic N) is 3. The largest absolute Gasteiger partial charge is 0.339 e. The summed E-state index contributed by atoms with van der Waals surface area (Å²) >= 11 is 1.86. The Morgan fingerprint density at radius 1 is 1.22 bits per heavy atom. The Morgan fingerprint density at radius 2 is 1.87 bits per heavy atom. The molecule has 0 atom stereocenters. The fourth-order valence-electron chi connectivity index (χ4n) is 2.73. The molecule has 0 unspecified atom stereocenters. The van der Waals surface area contributed by atoms with E-state index < -0.39 is 0 Å². The van der Waals surface area contributed by atoms with Crippen LogP contribution in [0.3, 0.4) is 0 Å². The van der Waals surface area contributed by atoms with Crippen LogP contribution in [0.5, 0.6) is 0 Å². The van der Waals surface area contributed by atoms with Crippen LogP contribution in [-0.4, -0.2) is 78.9 Å². The topological polar surface area (TPSA) is 26.8 Å². The van der Waals surface area contributed by atoms with E-state index in [1.807, 2.05) is 28.6 Å². The van der Waals surface area contributed by atoms with Crippen LogP contribution in [0.1, 0.15) is 5.56 Å². The van der Waals surface area contributed by atoms with Gasteiger partial charge in [-0.2, -0.15) is 11.8 Å². The second-order valence-corrected chi connectivity index (χ2v) is 7.00. The van der Waals surface area contributed by atoms with Gasteiger partial charge < -0.3 is 4.90 Å². The van der Waals surface area contributed by atoms with Crippen molar-refractivity contribution in [2.75, 3.05) is 58.3 Å². The number of hydrogen-bond acceptors (Lipinski definition) is 4. The SMILES string of the molecule is CSCCN1CCN(C(=O)CN(C)Cc2ccc(F)cc2)CC1. The minimum Gasteiger partial charge on any atom is -0.339 e. The zero-order valence-electron chi connectivity index (χ0n) is 14.0. The Hall–Kier alpha value is -1.11. The summed E-state index contributed by atoms with van der Waals surface area (Å²) < 4.78 is 12.9. The molecular weight excluding hydrogens is 313 g/mol. The first-order chi connectivity index (χ1) is 11.1. The lowest BCUT2D eigenvalue weighted by atomic mass is 10.2. The molecule has 1 saturated heterocycles. The van der Waals surface area contributed by atoms with E-state index in [-0.39, 0.29) is 11.7 Å². The fraction of sp³-hybridized carbons (Fsp3) is 0.588. The van der Waals surface area contributed by atoms with E-state index in [1.165, 1.54) is 12.1 Å². The summed E-state index contributed by atoms with van der Waals surface area (Å²) in [5, 5.41) is 0. The number of thioether (sulfide) groups is 1. The molecule has 0 radical (unpaired) electrons. The molecule has 4 nitrogen and oxygen atoms in total. The average molecular weight is 339 g/mol. The maximum absolute atomic E-state index is 12.9. The number of likely N-dealkylation sites (N-methyl/N-ethyl adjacent to an activating group) is 1. The van der Waals surface area contributed by atoms with Gasteiger partial charge in [-0.3, -0.25) is 14.6 Å². The molecule has 1 aliphatic rings. The molecule has 1 aliphatic heterocycles. The molecule has 1 fully saturated rings. The number of rotatable bonds is 7. The second kappa shape index (κ2) is 9.25. The third kappa shape index (κ3) is 6.12. The van der Waals surface area contributed by atoms with Gasteiger partial charge >= 0.3 is 0 Å². The number of carbonyl (C=O) groups excluding carboxylic acids is 1. The third-order valence-corrected chi connectivity index (χ3v) is 4.70. The monoisotopic (exact) mass is 339 g/mol. The highest BCUT2D eigenvalue weighted by atomic mass is 32.2. The number of carbonyl (C=O) groups is 1. The van der Waals surface area contributed by atoms with Gasteiger partial charge in [-0.25, -0.2) is 4.39 Å². The fourth-order valence-corrected chi connectivity index (χ4v) is 3.17. The van der Waals surface area contributed by atoms with Crippen LogP contribution in [0.15, 0.2) is 24.3 Å². The van der Waals surface area contributed by atoms with Crippen molar-refractivity contribution in [2.24, 2.45) is 0 Å². The molecule has 1 heterocycles. The van der Waals surface area contributed by atoms with Crippen LogP contribution in [0, 0.1) is 5.82 Å². The van der Waals surface area contributed by atoms with E-state index >= 15 is 0 Å². The minimum absolute atomic E-state index is 0.180. The molecule has 0 spiro atoms. The van der Waals surface area contributed by atoms with Crippen molar-refractivity contribution in [3.8, 4) is 0 Å². The molecule has 1 amide bonds. The summed E-state index contributed by atoms with van der Waals surface area (Å²) in [6, 6.07) is 6.44. The van der Waals surface area contributed by atoms with Gasteiger partial charge in [0.05, 0.1) is 6.54 Å². The molecule has 0 bridgehead atoms. The van der Waals surface area contributed by atoms with Crippen molar-refractivity contribution in [1.29, 1.82) is 0 Å². The number of amides is 1. The first kappa shape index (κ1) is 18.2. The highest BCUT2D eigenvalue weighted by Gasteiger charge is 2.21. The summed E-state index contributed by atoms with van der Waals surface area (Å²) in [6.07, 6.45) is 2.12. The summed E-state index contributed by atoms with van der Waals surface area (Å²) in [6.45, 7) is 5.73. The Balaban J connectivity index is 1.73. The highest BCUT2D eigenvalue weighted by Crippen LogP contribution is 2.07. The highest BCUT2D eigenvalue weighted by molar-refractivity contribution is 7.98. The molecule has 0 N–H and O–H groups in total. The zero-order chi connectivity index (χ0) is 16.7. The Bertz CT molecular complexity index is 489. The van der Waals surface area contributed by atoms with Gasteiger partial charge in [-0.15, -0.1) is 0 Å². The molecule has 0 saturated carbocycles. The van der Waals surface area contributed by atoms with Gasteiger partial charge in [0, 0.05) is 45.0 Å². The summed E-state index contributed by atoms with van der Waals surface area (Å²) in [7, 11) is 1.93. The van der Waals surface area contributed by atoms with Gasteiger partial charge in [0.2, 0.25) is 5.91 Å². The van der Waals surface area contributed by atoms with E-state index in [0.29, 0.717) is 13.1 Å². The lowest BCUT2D eigenvalue weighted by molar-refractivity contribution is -0.133. The molecule has 1 aromatic carbocycles. The number of piperazine rings is 1. The predicted molar refractivity (Wildman–Crippen MR) is 94.1 cm³/mol. The zero-order valence-corrected chi connectivity index (χ0v) is 14.8. The van der Waals surface area contributed by atoms with E-state index in [2.05, 4.69) is 11.2 Å². The van der Waals surface area contributed by atoms with Crippen LogP contribution in [0.4, 0.5) is 4.39 Å².